The summed E-state index contributed by atoms with van der Waals surface area (Å²) in [6.07, 6.45) is 0.682. The molecule has 0 bridgehead atoms. The first kappa shape index (κ1) is 15.8. The van der Waals surface area contributed by atoms with Gasteiger partial charge >= 0.3 is 0 Å². The molecule has 2 rings (SSSR count). The van der Waals surface area contributed by atoms with Gasteiger partial charge in [0, 0.05) is 19.0 Å². The number of halogens is 1. The summed E-state index contributed by atoms with van der Waals surface area (Å²) < 4.78 is 23.8. The number of carbonyl (C=O) groups is 1. The molecule has 0 heterocycles. The maximum absolute atomic E-state index is 12.7. The quantitative estimate of drug-likeness (QED) is 0.800. The van der Waals surface area contributed by atoms with Gasteiger partial charge < -0.3 is 14.8 Å². The average Bonchev–Trinajstić information content (AvgIpc) is 2.56. The Labute approximate surface area is 128 Å². The van der Waals surface area contributed by atoms with Gasteiger partial charge in [0.1, 0.15) is 17.3 Å². The van der Waals surface area contributed by atoms with E-state index < -0.39 is 0 Å². The summed E-state index contributed by atoms with van der Waals surface area (Å²) in [7, 11) is 1.59. The van der Waals surface area contributed by atoms with Crippen molar-refractivity contribution in [1.29, 1.82) is 0 Å². The predicted molar refractivity (Wildman–Crippen MR) is 81.8 cm³/mol. The smallest absolute Gasteiger partial charge is 0.251 e. The number of nitrogens with one attached hydrogen (secondary N) is 1. The molecular formula is C17H18FNO3. The van der Waals surface area contributed by atoms with Crippen LogP contribution in [0.25, 0.3) is 0 Å². The van der Waals surface area contributed by atoms with Gasteiger partial charge in [-0.15, -0.1) is 0 Å². The van der Waals surface area contributed by atoms with E-state index in [4.69, 9.17) is 9.47 Å². The molecule has 0 saturated carbocycles. The monoisotopic (exact) mass is 303 g/mol. The zero-order valence-electron chi connectivity index (χ0n) is 12.3. The number of hydrogen-bond acceptors (Lipinski definition) is 3. The van der Waals surface area contributed by atoms with Gasteiger partial charge in [-0.05, 0) is 42.5 Å². The highest BCUT2D eigenvalue weighted by atomic mass is 19.1. The Morgan fingerprint density at radius 1 is 1.05 bits per heavy atom. The zero-order valence-corrected chi connectivity index (χ0v) is 12.3. The van der Waals surface area contributed by atoms with E-state index >= 15 is 0 Å². The van der Waals surface area contributed by atoms with Crippen LogP contribution in [0.4, 0.5) is 4.39 Å². The van der Waals surface area contributed by atoms with Crippen LogP contribution in [0.15, 0.2) is 48.5 Å². The topological polar surface area (TPSA) is 47.6 Å². The van der Waals surface area contributed by atoms with Gasteiger partial charge in [0.05, 0.1) is 13.2 Å². The Balaban J connectivity index is 1.72. The molecule has 2 aromatic rings. The second-order valence-electron chi connectivity index (χ2n) is 4.61. The molecule has 0 saturated heterocycles. The molecule has 5 heteroatoms. The third-order valence-corrected chi connectivity index (χ3v) is 2.96. The molecule has 0 aliphatic heterocycles. The van der Waals surface area contributed by atoms with Crippen LogP contribution in [0, 0.1) is 5.82 Å². The van der Waals surface area contributed by atoms with Crippen molar-refractivity contribution in [3.05, 3.63) is 59.9 Å². The van der Waals surface area contributed by atoms with Crippen molar-refractivity contribution in [3.8, 4) is 11.5 Å². The Hall–Kier alpha value is -2.56. The summed E-state index contributed by atoms with van der Waals surface area (Å²) in [4.78, 5) is 11.5. The number of amides is 1. The van der Waals surface area contributed by atoms with Crippen molar-refractivity contribution >= 4 is 5.91 Å². The van der Waals surface area contributed by atoms with Gasteiger partial charge in [0.25, 0.3) is 5.91 Å². The van der Waals surface area contributed by atoms with E-state index in [0.29, 0.717) is 36.7 Å². The van der Waals surface area contributed by atoms with E-state index in [-0.39, 0.29) is 11.7 Å². The molecule has 0 fully saturated rings. The lowest BCUT2D eigenvalue weighted by atomic mass is 10.2. The maximum atomic E-state index is 12.7. The predicted octanol–water partition coefficient (Wildman–Crippen LogP) is 3.03. The highest BCUT2D eigenvalue weighted by Gasteiger charge is 2.04. The van der Waals surface area contributed by atoms with E-state index in [9.17, 15) is 9.18 Å². The number of carbonyl (C=O) groups excluding carboxylic acids is 1. The fourth-order valence-electron chi connectivity index (χ4n) is 1.84. The van der Waals surface area contributed by atoms with E-state index in [2.05, 4.69) is 5.32 Å². The molecule has 22 heavy (non-hydrogen) atoms. The van der Waals surface area contributed by atoms with Crippen LogP contribution >= 0.6 is 0 Å². The first-order valence-electron chi connectivity index (χ1n) is 7.02. The first-order chi connectivity index (χ1) is 10.7. The van der Waals surface area contributed by atoms with Crippen LogP contribution in [-0.4, -0.2) is 26.2 Å². The second-order valence-corrected chi connectivity index (χ2v) is 4.61. The van der Waals surface area contributed by atoms with Crippen molar-refractivity contribution in [2.24, 2.45) is 0 Å². The molecule has 0 aliphatic carbocycles. The average molecular weight is 303 g/mol. The highest BCUT2D eigenvalue weighted by molar-refractivity contribution is 5.94. The van der Waals surface area contributed by atoms with Gasteiger partial charge in [-0.1, -0.05) is 6.07 Å². The van der Waals surface area contributed by atoms with E-state index in [1.807, 2.05) is 0 Å². The van der Waals surface area contributed by atoms with Crippen molar-refractivity contribution < 1.29 is 18.7 Å². The molecule has 0 aromatic heterocycles. The number of rotatable bonds is 7. The lowest BCUT2D eigenvalue weighted by Crippen LogP contribution is -2.17. The molecule has 0 unspecified atom stereocenters. The summed E-state index contributed by atoms with van der Waals surface area (Å²) >= 11 is 0. The molecule has 116 valence electrons. The van der Waals surface area contributed by atoms with Gasteiger partial charge in [-0.25, -0.2) is 4.39 Å². The Bertz CT molecular complexity index is 614. The minimum atomic E-state index is -0.285. The van der Waals surface area contributed by atoms with E-state index in [0.717, 1.165) is 0 Å². The highest BCUT2D eigenvalue weighted by Crippen LogP contribution is 2.14. The summed E-state index contributed by atoms with van der Waals surface area (Å²) in [5, 5.41) is 2.57. The third kappa shape index (κ3) is 4.77. The van der Waals surface area contributed by atoms with Gasteiger partial charge in [0.2, 0.25) is 0 Å². The summed E-state index contributed by atoms with van der Waals surface area (Å²) in [6.45, 7) is 0.944. The fourth-order valence-corrected chi connectivity index (χ4v) is 1.84. The molecule has 1 N–H and O–H groups in total. The van der Waals surface area contributed by atoms with Gasteiger partial charge in [-0.3, -0.25) is 4.79 Å². The van der Waals surface area contributed by atoms with Crippen molar-refractivity contribution in [1.82, 2.24) is 5.32 Å². The standard InChI is InChI=1S/C17H18FNO3/c1-19-17(20)13-4-2-5-16(12-13)22-11-3-10-21-15-8-6-14(18)7-9-15/h2,4-9,12H,3,10-11H2,1H3,(H,19,20). The number of hydrogen-bond donors (Lipinski definition) is 1. The Morgan fingerprint density at radius 3 is 2.41 bits per heavy atom. The van der Waals surface area contributed by atoms with Crippen LogP contribution in [0.5, 0.6) is 11.5 Å². The summed E-state index contributed by atoms with van der Waals surface area (Å²) in [5.41, 5.74) is 0.558. The lowest BCUT2D eigenvalue weighted by Gasteiger charge is -2.09. The molecule has 0 aliphatic rings. The molecule has 0 spiro atoms. The van der Waals surface area contributed by atoms with Crippen LogP contribution in [-0.2, 0) is 0 Å². The Morgan fingerprint density at radius 2 is 1.73 bits per heavy atom. The summed E-state index contributed by atoms with van der Waals surface area (Å²) in [5.74, 6) is 0.836. The molecule has 1 amide bonds. The maximum Gasteiger partial charge on any atom is 0.251 e. The SMILES string of the molecule is CNC(=O)c1cccc(OCCCOc2ccc(F)cc2)c1. The molecule has 2 aromatic carbocycles. The molecule has 4 nitrogen and oxygen atoms in total. The van der Waals surface area contributed by atoms with Crippen LogP contribution in [0.3, 0.4) is 0 Å². The van der Waals surface area contributed by atoms with Crippen molar-refractivity contribution in [3.63, 3.8) is 0 Å². The third-order valence-electron chi connectivity index (χ3n) is 2.96. The summed E-state index contributed by atoms with van der Waals surface area (Å²) in [6, 6.07) is 12.9. The van der Waals surface area contributed by atoms with Crippen LogP contribution < -0.4 is 14.8 Å². The second kappa shape index (κ2) is 8.02. The fraction of sp³-hybridized carbons (Fsp3) is 0.235. The number of benzene rings is 2. The molecule has 0 radical (unpaired) electrons. The zero-order chi connectivity index (χ0) is 15.8. The van der Waals surface area contributed by atoms with Crippen LogP contribution in [0.2, 0.25) is 0 Å². The molecular weight excluding hydrogens is 285 g/mol. The first-order valence-corrected chi connectivity index (χ1v) is 7.02. The minimum absolute atomic E-state index is 0.148. The minimum Gasteiger partial charge on any atom is -0.493 e. The van der Waals surface area contributed by atoms with Gasteiger partial charge in [-0.2, -0.15) is 0 Å². The Kier molecular flexibility index (Phi) is 5.77. The number of ether oxygens (including phenoxy) is 2. The van der Waals surface area contributed by atoms with E-state index in [1.54, 1.807) is 43.4 Å². The molecule has 0 atom stereocenters. The lowest BCUT2D eigenvalue weighted by molar-refractivity contribution is 0.0962. The van der Waals surface area contributed by atoms with E-state index in [1.165, 1.54) is 12.1 Å². The van der Waals surface area contributed by atoms with Crippen molar-refractivity contribution in [2.45, 2.75) is 6.42 Å². The largest absolute Gasteiger partial charge is 0.493 e. The van der Waals surface area contributed by atoms with Crippen LogP contribution in [0.1, 0.15) is 16.8 Å². The normalized spacial score (nSPS) is 10.1. The van der Waals surface area contributed by atoms with Crippen molar-refractivity contribution in [2.75, 3.05) is 20.3 Å². The van der Waals surface area contributed by atoms with Gasteiger partial charge in [0.15, 0.2) is 0 Å².